The fourth-order valence-electron chi connectivity index (χ4n) is 1.54. The number of rotatable bonds is 1. The molecule has 0 aliphatic carbocycles. The summed E-state index contributed by atoms with van der Waals surface area (Å²) in [4.78, 5) is 11.0. The van der Waals surface area contributed by atoms with Gasteiger partial charge in [-0.2, -0.15) is 0 Å². The van der Waals surface area contributed by atoms with Crippen LogP contribution >= 0.6 is 0 Å². The number of carbonyl (C=O) groups excluding carboxylic acids is 1. The second-order valence-corrected chi connectivity index (χ2v) is 4.09. The maximum absolute atomic E-state index is 11.0. The Morgan fingerprint density at radius 3 is 2.58 bits per heavy atom. The summed E-state index contributed by atoms with van der Waals surface area (Å²) in [7, 11) is 0. The van der Waals surface area contributed by atoms with Gasteiger partial charge in [0.05, 0.1) is 18.1 Å². The monoisotopic (exact) mass is 172 g/mol. The second kappa shape index (κ2) is 3.05. The van der Waals surface area contributed by atoms with Gasteiger partial charge in [0.25, 0.3) is 0 Å². The van der Waals surface area contributed by atoms with Gasteiger partial charge in [0, 0.05) is 5.92 Å². The molecule has 0 aromatic rings. The predicted molar refractivity (Wildman–Crippen MR) is 44.6 cm³/mol. The third-order valence-electron chi connectivity index (χ3n) is 2.36. The van der Waals surface area contributed by atoms with Crippen molar-refractivity contribution in [1.29, 1.82) is 0 Å². The second-order valence-electron chi connectivity index (χ2n) is 4.09. The molecule has 0 amide bonds. The van der Waals surface area contributed by atoms with E-state index in [0.717, 1.165) is 6.42 Å². The molecule has 0 bridgehead atoms. The summed E-state index contributed by atoms with van der Waals surface area (Å²) >= 11 is 0. The molecule has 0 aromatic carbocycles. The quantitative estimate of drug-likeness (QED) is 0.602. The number of aliphatic hydroxyl groups is 1. The number of hydrogen-bond acceptors (Lipinski definition) is 3. The van der Waals surface area contributed by atoms with E-state index in [1.807, 2.05) is 6.92 Å². The van der Waals surface area contributed by atoms with E-state index in [4.69, 9.17) is 4.74 Å². The highest BCUT2D eigenvalue weighted by Gasteiger charge is 2.35. The lowest BCUT2D eigenvalue weighted by Crippen LogP contribution is -2.39. The van der Waals surface area contributed by atoms with Crippen LogP contribution in [0.3, 0.4) is 0 Å². The smallest absolute Gasteiger partial charge is 0.306 e. The summed E-state index contributed by atoms with van der Waals surface area (Å²) in [6.45, 7) is 5.34. The van der Waals surface area contributed by atoms with Crippen LogP contribution in [-0.2, 0) is 9.53 Å². The van der Waals surface area contributed by atoms with Gasteiger partial charge < -0.3 is 9.84 Å². The Morgan fingerprint density at radius 2 is 2.17 bits per heavy atom. The van der Waals surface area contributed by atoms with Crippen molar-refractivity contribution in [2.24, 2.45) is 5.92 Å². The summed E-state index contributed by atoms with van der Waals surface area (Å²) in [5, 5.41) is 9.67. The zero-order chi connectivity index (χ0) is 9.35. The van der Waals surface area contributed by atoms with Crippen LogP contribution in [0.4, 0.5) is 0 Å². The highest BCUT2D eigenvalue weighted by Crippen LogP contribution is 2.30. The van der Waals surface area contributed by atoms with Gasteiger partial charge in [0.2, 0.25) is 0 Å². The normalized spacial score (nSPS) is 31.5. The van der Waals surface area contributed by atoms with Gasteiger partial charge in [0.15, 0.2) is 0 Å². The molecule has 12 heavy (non-hydrogen) atoms. The fourth-order valence-corrected chi connectivity index (χ4v) is 1.54. The number of cyclic esters (lactones) is 1. The minimum absolute atomic E-state index is 0.0359. The van der Waals surface area contributed by atoms with Crippen LogP contribution in [0.5, 0.6) is 0 Å². The Balaban J connectivity index is 2.62. The van der Waals surface area contributed by atoms with Crippen molar-refractivity contribution in [3.8, 4) is 0 Å². The molecule has 2 atom stereocenters. The zero-order valence-corrected chi connectivity index (χ0v) is 7.83. The van der Waals surface area contributed by atoms with E-state index in [-0.39, 0.29) is 18.0 Å². The van der Waals surface area contributed by atoms with Gasteiger partial charge >= 0.3 is 5.97 Å². The van der Waals surface area contributed by atoms with E-state index in [0.29, 0.717) is 6.42 Å². The Bertz CT molecular complexity index is 181. The van der Waals surface area contributed by atoms with E-state index in [1.54, 1.807) is 13.8 Å². The highest BCUT2D eigenvalue weighted by atomic mass is 16.5. The Kier molecular flexibility index (Phi) is 2.42. The van der Waals surface area contributed by atoms with Gasteiger partial charge in [-0.05, 0) is 27.2 Å². The van der Waals surface area contributed by atoms with Crippen LogP contribution in [0.1, 0.15) is 33.6 Å². The Morgan fingerprint density at radius 1 is 1.58 bits per heavy atom. The molecule has 1 aliphatic rings. The third kappa shape index (κ3) is 2.21. The summed E-state index contributed by atoms with van der Waals surface area (Å²) in [6.07, 6.45) is 1.05. The number of carbonyl (C=O) groups is 1. The van der Waals surface area contributed by atoms with Gasteiger partial charge in [0.1, 0.15) is 0 Å². The number of ether oxygens (including phenoxy) is 1. The first kappa shape index (κ1) is 9.52. The molecule has 1 N–H and O–H groups in total. The Hall–Kier alpha value is -0.570. The standard InChI is InChI=1S/C9H16O3/c1-6-4-7(9(2,3)11)5-8(10)12-6/h6-7,11H,4-5H2,1-3H3. The van der Waals surface area contributed by atoms with Crippen LogP contribution in [0.25, 0.3) is 0 Å². The average molecular weight is 172 g/mol. The van der Waals surface area contributed by atoms with Crippen LogP contribution in [0, 0.1) is 5.92 Å². The largest absolute Gasteiger partial charge is 0.463 e. The summed E-state index contributed by atoms with van der Waals surface area (Å²) < 4.78 is 4.96. The fraction of sp³-hybridized carbons (Fsp3) is 0.889. The van der Waals surface area contributed by atoms with Crippen molar-refractivity contribution in [3.05, 3.63) is 0 Å². The van der Waals surface area contributed by atoms with Crippen LogP contribution in [-0.4, -0.2) is 22.8 Å². The number of hydrogen-bond donors (Lipinski definition) is 1. The first-order valence-electron chi connectivity index (χ1n) is 4.31. The molecule has 0 spiro atoms. The molecule has 1 aliphatic heterocycles. The maximum Gasteiger partial charge on any atom is 0.306 e. The summed E-state index contributed by atoms with van der Waals surface area (Å²) in [5.74, 6) is -0.158. The van der Waals surface area contributed by atoms with Crippen molar-refractivity contribution < 1.29 is 14.6 Å². The van der Waals surface area contributed by atoms with Crippen molar-refractivity contribution >= 4 is 5.97 Å². The van der Waals surface area contributed by atoms with E-state index < -0.39 is 5.60 Å². The maximum atomic E-state index is 11.0. The van der Waals surface area contributed by atoms with Crippen molar-refractivity contribution in [2.75, 3.05) is 0 Å². The summed E-state index contributed by atoms with van der Waals surface area (Å²) in [5.41, 5.74) is -0.770. The SMILES string of the molecule is CC1CC(C(C)(C)O)CC(=O)O1. The zero-order valence-electron chi connectivity index (χ0n) is 7.83. The van der Waals surface area contributed by atoms with E-state index in [9.17, 15) is 9.90 Å². The van der Waals surface area contributed by atoms with Crippen LogP contribution in [0.2, 0.25) is 0 Å². The molecule has 2 unspecified atom stereocenters. The topological polar surface area (TPSA) is 46.5 Å². The van der Waals surface area contributed by atoms with Gasteiger partial charge in [-0.15, -0.1) is 0 Å². The first-order chi connectivity index (χ1) is 5.39. The molecule has 70 valence electrons. The van der Waals surface area contributed by atoms with Gasteiger partial charge in [-0.1, -0.05) is 0 Å². The minimum Gasteiger partial charge on any atom is -0.463 e. The van der Waals surface area contributed by atoms with E-state index in [2.05, 4.69) is 0 Å². The first-order valence-corrected chi connectivity index (χ1v) is 4.31. The molecule has 0 saturated carbocycles. The molecule has 3 heteroatoms. The molecule has 1 heterocycles. The van der Waals surface area contributed by atoms with E-state index >= 15 is 0 Å². The molecule has 1 rings (SSSR count). The lowest BCUT2D eigenvalue weighted by atomic mass is 9.82. The van der Waals surface area contributed by atoms with Crippen molar-refractivity contribution in [3.63, 3.8) is 0 Å². The average Bonchev–Trinajstić information content (AvgIpc) is 1.82. The third-order valence-corrected chi connectivity index (χ3v) is 2.36. The molecule has 0 radical (unpaired) electrons. The van der Waals surface area contributed by atoms with Crippen LogP contribution in [0.15, 0.2) is 0 Å². The minimum atomic E-state index is -0.770. The molecule has 0 aromatic heterocycles. The van der Waals surface area contributed by atoms with Crippen molar-refractivity contribution in [2.45, 2.75) is 45.3 Å². The van der Waals surface area contributed by atoms with Gasteiger partial charge in [-0.25, -0.2) is 0 Å². The highest BCUT2D eigenvalue weighted by molar-refractivity contribution is 5.70. The number of esters is 1. The predicted octanol–water partition coefficient (Wildman–Crippen LogP) is 1.10. The lowest BCUT2D eigenvalue weighted by Gasteiger charge is -2.34. The van der Waals surface area contributed by atoms with Gasteiger partial charge in [-0.3, -0.25) is 4.79 Å². The molecular weight excluding hydrogens is 156 g/mol. The molecular formula is C9H16O3. The summed E-state index contributed by atoms with van der Waals surface area (Å²) in [6, 6.07) is 0. The molecule has 1 saturated heterocycles. The van der Waals surface area contributed by atoms with Crippen molar-refractivity contribution in [1.82, 2.24) is 0 Å². The molecule has 3 nitrogen and oxygen atoms in total. The van der Waals surface area contributed by atoms with E-state index in [1.165, 1.54) is 0 Å². The molecule has 1 fully saturated rings. The van der Waals surface area contributed by atoms with Crippen LogP contribution < -0.4 is 0 Å². The lowest BCUT2D eigenvalue weighted by molar-refractivity contribution is -0.161. The Labute approximate surface area is 72.7 Å².